The lowest BCUT2D eigenvalue weighted by Gasteiger charge is -2.26. The summed E-state index contributed by atoms with van der Waals surface area (Å²) in [6.45, 7) is 4.18. The molecule has 0 bridgehead atoms. The highest BCUT2D eigenvalue weighted by Crippen LogP contribution is 2.54. The number of anilines is 1. The summed E-state index contributed by atoms with van der Waals surface area (Å²) in [7, 11) is -1.82. The van der Waals surface area contributed by atoms with E-state index >= 15 is 0 Å². The summed E-state index contributed by atoms with van der Waals surface area (Å²) < 4.78 is 29.8. The van der Waals surface area contributed by atoms with Crippen molar-refractivity contribution in [2.24, 2.45) is 0 Å². The fourth-order valence-corrected chi connectivity index (χ4v) is 4.19. The van der Waals surface area contributed by atoms with Gasteiger partial charge in [-0.2, -0.15) is 0 Å². The molecule has 0 aliphatic rings. The first-order chi connectivity index (χ1) is 12.6. The third-order valence-electron chi connectivity index (χ3n) is 3.64. The zero-order chi connectivity index (χ0) is 18.8. The lowest BCUT2D eigenvalue weighted by Crippen LogP contribution is -2.21. The molecule has 0 saturated heterocycles. The number of hydrogen-bond donors (Lipinski definition) is 1. The van der Waals surface area contributed by atoms with Crippen LogP contribution in [0.2, 0.25) is 0 Å². The molecule has 0 aliphatic heterocycles. The number of methoxy groups -OCH3 is 1. The lowest BCUT2D eigenvalue weighted by atomic mass is 10.2. The quantitative estimate of drug-likeness (QED) is 0.563. The van der Waals surface area contributed by atoms with E-state index in [-0.39, 0.29) is 0 Å². The molecule has 0 heterocycles. The third-order valence-corrected chi connectivity index (χ3v) is 5.86. The van der Waals surface area contributed by atoms with Gasteiger partial charge in [-0.15, -0.1) is 0 Å². The van der Waals surface area contributed by atoms with Crippen LogP contribution in [0, 0.1) is 0 Å². The largest absolute Gasteiger partial charge is 0.495 e. The van der Waals surface area contributed by atoms with E-state index < -0.39 is 13.4 Å². The highest BCUT2D eigenvalue weighted by Gasteiger charge is 2.34. The molecule has 1 unspecified atom stereocenters. The number of hydrogen-bond acceptors (Lipinski definition) is 5. The Labute approximate surface area is 155 Å². The molecule has 0 saturated carbocycles. The van der Waals surface area contributed by atoms with Crippen molar-refractivity contribution in [3.8, 4) is 5.75 Å². The highest BCUT2D eigenvalue weighted by molar-refractivity contribution is 7.55. The van der Waals surface area contributed by atoms with Gasteiger partial charge in [0, 0.05) is 0 Å². The Morgan fingerprint density at radius 2 is 1.62 bits per heavy atom. The van der Waals surface area contributed by atoms with Crippen LogP contribution < -0.4 is 10.1 Å². The van der Waals surface area contributed by atoms with E-state index in [1.165, 1.54) is 0 Å². The Hall–Kier alpha value is -2.07. The second-order valence-electron chi connectivity index (χ2n) is 5.43. The van der Waals surface area contributed by atoms with Gasteiger partial charge in [0.1, 0.15) is 11.5 Å². The van der Waals surface area contributed by atoms with Crippen LogP contribution in [0.25, 0.3) is 6.08 Å². The molecular formula is C20H26NO4P. The van der Waals surface area contributed by atoms with Gasteiger partial charge in [-0.1, -0.05) is 48.5 Å². The van der Waals surface area contributed by atoms with Crippen molar-refractivity contribution in [2.45, 2.75) is 19.6 Å². The number of ether oxygens (including phenoxy) is 1. The first kappa shape index (κ1) is 20.2. The third kappa shape index (κ3) is 5.46. The van der Waals surface area contributed by atoms with Crippen LogP contribution in [-0.4, -0.2) is 26.1 Å². The average Bonchev–Trinajstić information content (AvgIpc) is 2.66. The number of para-hydroxylation sites is 2. The van der Waals surface area contributed by atoms with Gasteiger partial charge in [0.2, 0.25) is 0 Å². The van der Waals surface area contributed by atoms with Gasteiger partial charge in [-0.05, 0) is 37.6 Å². The molecule has 0 spiro atoms. The zero-order valence-corrected chi connectivity index (χ0v) is 16.3. The Balaban J connectivity index is 2.37. The summed E-state index contributed by atoms with van der Waals surface area (Å²) in [6.07, 6.45) is 3.71. The van der Waals surface area contributed by atoms with Crippen molar-refractivity contribution >= 4 is 19.4 Å². The minimum Gasteiger partial charge on any atom is -0.495 e. The number of benzene rings is 2. The van der Waals surface area contributed by atoms with Gasteiger partial charge in [-0.25, -0.2) is 0 Å². The van der Waals surface area contributed by atoms with Crippen molar-refractivity contribution in [3.63, 3.8) is 0 Å². The van der Waals surface area contributed by atoms with Gasteiger partial charge in [-0.3, -0.25) is 4.57 Å². The summed E-state index contributed by atoms with van der Waals surface area (Å²) in [5.41, 5.74) is 1.72. The van der Waals surface area contributed by atoms with Crippen LogP contribution in [0.4, 0.5) is 5.69 Å². The maximum absolute atomic E-state index is 13.3. The van der Waals surface area contributed by atoms with Crippen LogP contribution in [0.5, 0.6) is 5.75 Å². The fourth-order valence-electron chi connectivity index (χ4n) is 2.48. The van der Waals surface area contributed by atoms with Crippen molar-refractivity contribution in [1.82, 2.24) is 0 Å². The maximum Gasteiger partial charge on any atom is 0.356 e. The van der Waals surface area contributed by atoms with Crippen LogP contribution in [0.3, 0.4) is 0 Å². The normalized spacial score (nSPS) is 12.9. The van der Waals surface area contributed by atoms with Crippen LogP contribution >= 0.6 is 7.60 Å². The molecule has 140 valence electrons. The molecule has 5 nitrogen and oxygen atoms in total. The van der Waals surface area contributed by atoms with E-state index in [9.17, 15) is 4.57 Å². The molecule has 0 amide bonds. The standard InChI is InChI=1S/C20H26NO4P/c1-4-24-26(22,25-5-2)20(16-15-17-11-7-6-8-12-17)21-18-13-9-10-14-19(18)23-3/h6-16,20-21H,4-5H2,1-3H3/b16-15+. The molecule has 2 rings (SSSR count). The molecule has 0 aliphatic carbocycles. The van der Waals surface area contributed by atoms with Gasteiger partial charge in [0.25, 0.3) is 0 Å². The highest BCUT2D eigenvalue weighted by atomic mass is 31.2. The van der Waals surface area contributed by atoms with E-state index in [1.807, 2.05) is 66.7 Å². The first-order valence-corrected chi connectivity index (χ1v) is 10.3. The minimum absolute atomic E-state index is 0.292. The van der Waals surface area contributed by atoms with Gasteiger partial charge in [0.15, 0.2) is 0 Å². The van der Waals surface area contributed by atoms with Crippen LogP contribution in [-0.2, 0) is 13.6 Å². The predicted molar refractivity (Wildman–Crippen MR) is 107 cm³/mol. The lowest BCUT2D eigenvalue weighted by molar-refractivity contribution is 0.217. The summed E-state index contributed by atoms with van der Waals surface area (Å²) in [6, 6.07) is 17.3. The van der Waals surface area contributed by atoms with E-state index in [0.717, 1.165) is 11.3 Å². The molecule has 0 aromatic heterocycles. The van der Waals surface area contributed by atoms with E-state index in [0.29, 0.717) is 19.0 Å². The smallest absolute Gasteiger partial charge is 0.356 e. The monoisotopic (exact) mass is 375 g/mol. The summed E-state index contributed by atoms with van der Waals surface area (Å²) in [5, 5.41) is 3.25. The number of nitrogens with one attached hydrogen (secondary N) is 1. The minimum atomic E-state index is -3.42. The van der Waals surface area contributed by atoms with Crippen molar-refractivity contribution in [3.05, 3.63) is 66.2 Å². The average molecular weight is 375 g/mol. The summed E-state index contributed by atoms with van der Waals surface area (Å²) in [5.74, 6) is 0.00376. The molecule has 0 fully saturated rings. The van der Waals surface area contributed by atoms with E-state index in [4.69, 9.17) is 13.8 Å². The second kappa shape index (κ2) is 10.2. The Morgan fingerprint density at radius 1 is 1.00 bits per heavy atom. The Kier molecular flexibility index (Phi) is 7.92. The van der Waals surface area contributed by atoms with Crippen molar-refractivity contribution < 1.29 is 18.3 Å². The zero-order valence-electron chi connectivity index (χ0n) is 15.4. The van der Waals surface area contributed by atoms with Crippen molar-refractivity contribution in [1.29, 1.82) is 0 Å². The van der Waals surface area contributed by atoms with Gasteiger partial charge in [0.05, 0.1) is 26.0 Å². The summed E-state index contributed by atoms with van der Waals surface area (Å²) >= 11 is 0. The van der Waals surface area contributed by atoms with Crippen LogP contribution in [0.1, 0.15) is 19.4 Å². The molecule has 2 aromatic carbocycles. The second-order valence-corrected chi connectivity index (χ2v) is 7.59. The molecule has 2 aromatic rings. The topological polar surface area (TPSA) is 56.8 Å². The Morgan fingerprint density at radius 3 is 2.23 bits per heavy atom. The predicted octanol–water partition coefficient (Wildman–Crippen LogP) is 5.41. The first-order valence-electron chi connectivity index (χ1n) is 8.64. The molecule has 0 radical (unpaired) electrons. The van der Waals surface area contributed by atoms with E-state index in [1.54, 1.807) is 21.0 Å². The van der Waals surface area contributed by atoms with E-state index in [2.05, 4.69) is 5.32 Å². The molecule has 6 heteroatoms. The van der Waals surface area contributed by atoms with Crippen LogP contribution in [0.15, 0.2) is 60.7 Å². The summed E-state index contributed by atoms with van der Waals surface area (Å²) in [4.78, 5) is 0. The number of rotatable bonds is 10. The molecule has 1 N–H and O–H groups in total. The Bertz CT molecular complexity index is 738. The molecular weight excluding hydrogens is 349 g/mol. The maximum atomic E-state index is 13.3. The van der Waals surface area contributed by atoms with Gasteiger partial charge >= 0.3 is 7.60 Å². The molecule has 26 heavy (non-hydrogen) atoms. The fraction of sp³-hybridized carbons (Fsp3) is 0.300. The van der Waals surface area contributed by atoms with Gasteiger partial charge < -0.3 is 19.1 Å². The SMILES string of the molecule is CCOP(=O)(OCC)C(/C=C/c1ccccc1)Nc1ccccc1OC. The van der Waals surface area contributed by atoms with Crippen molar-refractivity contribution in [2.75, 3.05) is 25.6 Å². The molecule has 1 atom stereocenters.